The van der Waals surface area contributed by atoms with Crippen molar-refractivity contribution in [1.29, 1.82) is 0 Å². The lowest BCUT2D eigenvalue weighted by atomic mass is 9.90. The van der Waals surface area contributed by atoms with Crippen LogP contribution in [0.1, 0.15) is 69.6 Å². The van der Waals surface area contributed by atoms with E-state index in [1.165, 1.54) is 0 Å². The Balaban J connectivity index is 1.58. The second-order valence-corrected chi connectivity index (χ2v) is 10.7. The molecule has 2 aromatic carbocycles. The van der Waals surface area contributed by atoms with E-state index in [1.54, 1.807) is 0 Å². The molecule has 35 heavy (non-hydrogen) atoms. The van der Waals surface area contributed by atoms with Gasteiger partial charge in [-0.1, -0.05) is 43.3 Å². The first-order chi connectivity index (χ1) is 16.6. The van der Waals surface area contributed by atoms with Gasteiger partial charge in [0.05, 0.1) is 18.8 Å². The van der Waals surface area contributed by atoms with Gasteiger partial charge in [-0.3, -0.25) is 9.69 Å². The highest BCUT2D eigenvalue weighted by atomic mass is 16.7. The van der Waals surface area contributed by atoms with E-state index in [0.29, 0.717) is 12.2 Å². The molecule has 2 saturated heterocycles. The van der Waals surface area contributed by atoms with Crippen LogP contribution in [-0.2, 0) is 25.6 Å². The average molecular weight is 483 g/mol. The normalized spacial score (nSPS) is 27.6. The number of hydrogen-bond donors (Lipinski definition) is 2. The minimum atomic E-state index is -0.579. The van der Waals surface area contributed by atoms with Gasteiger partial charge in [0, 0.05) is 23.7 Å². The molecular formula is C28H38N2O5. The van der Waals surface area contributed by atoms with Crippen LogP contribution in [0, 0.1) is 5.92 Å². The number of ether oxygens (including phenoxy) is 3. The zero-order valence-corrected chi connectivity index (χ0v) is 21.1. The first-order valence-electron chi connectivity index (χ1n) is 12.5. The third-order valence-electron chi connectivity index (χ3n) is 6.76. The van der Waals surface area contributed by atoms with E-state index < -0.39 is 11.9 Å². The standard InChI is InChI=1S/C28H38N2O5/c1-18-24(16-30-14-6-9-23(30)26(32)35-28(2,3)4)33-27(21-7-5-8-22(29)15-21)34-25(18)20-12-10-19(17-31)11-13-20/h5,7-8,10-13,15,18,23-25,27,31H,6,9,14,16-17,29H2,1-4H3/t18-,23-,24+,25+,27+/m0/s1. The fourth-order valence-corrected chi connectivity index (χ4v) is 4.95. The Hall–Kier alpha value is -2.45. The molecule has 0 amide bonds. The Morgan fingerprint density at radius 3 is 2.54 bits per heavy atom. The van der Waals surface area contributed by atoms with Crippen molar-refractivity contribution in [3.05, 3.63) is 65.2 Å². The van der Waals surface area contributed by atoms with Crippen LogP contribution >= 0.6 is 0 Å². The molecule has 2 aromatic rings. The van der Waals surface area contributed by atoms with E-state index in [2.05, 4.69) is 11.8 Å². The number of nitrogen functional groups attached to an aromatic ring is 1. The molecule has 2 aliphatic heterocycles. The van der Waals surface area contributed by atoms with E-state index in [-0.39, 0.29) is 36.7 Å². The summed E-state index contributed by atoms with van der Waals surface area (Å²) in [6.45, 7) is 9.27. The third kappa shape index (κ3) is 6.22. The summed E-state index contributed by atoms with van der Waals surface area (Å²) in [5, 5.41) is 9.44. The number of hydrogen-bond acceptors (Lipinski definition) is 7. The van der Waals surface area contributed by atoms with Gasteiger partial charge in [0.25, 0.3) is 0 Å². The lowest BCUT2D eigenvalue weighted by Crippen LogP contribution is -2.48. The predicted octanol–water partition coefficient (Wildman–Crippen LogP) is 4.36. The SMILES string of the molecule is C[C@H]1[C@@H](CN2CCC[C@H]2C(=O)OC(C)(C)C)O[C@@H](c2cccc(N)c2)O[C@H]1c1ccc(CO)cc1. The molecule has 4 rings (SSSR count). The lowest BCUT2D eigenvalue weighted by Gasteiger charge is -2.43. The Morgan fingerprint density at radius 2 is 1.89 bits per heavy atom. The van der Waals surface area contributed by atoms with Crippen LogP contribution in [0.15, 0.2) is 48.5 Å². The molecule has 0 spiro atoms. The lowest BCUT2D eigenvalue weighted by molar-refractivity contribution is -0.276. The van der Waals surface area contributed by atoms with Crippen LogP contribution < -0.4 is 5.73 Å². The highest BCUT2D eigenvalue weighted by molar-refractivity contribution is 5.76. The zero-order valence-electron chi connectivity index (χ0n) is 21.1. The van der Waals surface area contributed by atoms with Crippen LogP contribution in [-0.4, -0.2) is 46.8 Å². The summed E-state index contributed by atoms with van der Waals surface area (Å²) in [6, 6.07) is 15.2. The summed E-state index contributed by atoms with van der Waals surface area (Å²) < 4.78 is 18.7. The van der Waals surface area contributed by atoms with Gasteiger partial charge in [0.1, 0.15) is 11.6 Å². The molecule has 0 unspecified atom stereocenters. The van der Waals surface area contributed by atoms with Gasteiger partial charge in [-0.15, -0.1) is 0 Å². The third-order valence-corrected chi connectivity index (χ3v) is 6.76. The summed E-state index contributed by atoms with van der Waals surface area (Å²) in [7, 11) is 0. The molecule has 0 aliphatic carbocycles. The topological polar surface area (TPSA) is 94.3 Å². The van der Waals surface area contributed by atoms with Gasteiger partial charge in [-0.05, 0) is 63.4 Å². The molecule has 3 N–H and O–H groups in total. The number of nitrogens with zero attached hydrogens (tertiary/aromatic N) is 1. The minimum Gasteiger partial charge on any atom is -0.459 e. The number of carbonyl (C=O) groups is 1. The van der Waals surface area contributed by atoms with Gasteiger partial charge in [0.2, 0.25) is 0 Å². The maximum Gasteiger partial charge on any atom is 0.323 e. The summed E-state index contributed by atoms with van der Waals surface area (Å²) >= 11 is 0. The average Bonchev–Trinajstić information content (AvgIpc) is 3.28. The van der Waals surface area contributed by atoms with E-state index in [0.717, 1.165) is 36.1 Å². The predicted molar refractivity (Wildman–Crippen MR) is 134 cm³/mol. The molecule has 2 heterocycles. The number of esters is 1. The largest absolute Gasteiger partial charge is 0.459 e. The molecule has 0 bridgehead atoms. The second kappa shape index (κ2) is 10.7. The molecule has 7 heteroatoms. The number of aliphatic hydroxyl groups is 1. The number of aliphatic hydroxyl groups excluding tert-OH is 1. The molecule has 0 saturated carbocycles. The van der Waals surface area contributed by atoms with Gasteiger partial charge in [0.15, 0.2) is 6.29 Å². The van der Waals surface area contributed by atoms with Crippen molar-refractivity contribution < 1.29 is 24.1 Å². The molecule has 7 nitrogen and oxygen atoms in total. The number of likely N-dealkylation sites (tertiary alicyclic amines) is 1. The highest BCUT2D eigenvalue weighted by Crippen LogP contribution is 2.42. The Morgan fingerprint density at radius 1 is 1.14 bits per heavy atom. The first-order valence-corrected chi connectivity index (χ1v) is 12.5. The van der Waals surface area contributed by atoms with Crippen molar-refractivity contribution in [2.45, 2.75) is 77.3 Å². The van der Waals surface area contributed by atoms with Gasteiger partial charge in [-0.2, -0.15) is 0 Å². The van der Waals surface area contributed by atoms with E-state index in [1.807, 2.05) is 69.3 Å². The van der Waals surface area contributed by atoms with Crippen LogP contribution in [0.3, 0.4) is 0 Å². The maximum absolute atomic E-state index is 12.9. The van der Waals surface area contributed by atoms with E-state index in [4.69, 9.17) is 19.9 Å². The van der Waals surface area contributed by atoms with Gasteiger partial charge >= 0.3 is 5.97 Å². The van der Waals surface area contributed by atoms with Gasteiger partial charge in [-0.25, -0.2) is 0 Å². The zero-order chi connectivity index (χ0) is 25.2. The molecular weight excluding hydrogens is 444 g/mol. The number of rotatable bonds is 6. The molecule has 0 aromatic heterocycles. The molecule has 0 radical (unpaired) electrons. The van der Waals surface area contributed by atoms with Crippen molar-refractivity contribution in [2.75, 3.05) is 18.8 Å². The van der Waals surface area contributed by atoms with Crippen molar-refractivity contribution in [3.8, 4) is 0 Å². The quantitative estimate of drug-likeness (QED) is 0.467. The van der Waals surface area contributed by atoms with Crippen molar-refractivity contribution in [3.63, 3.8) is 0 Å². The fraction of sp³-hybridized carbons (Fsp3) is 0.536. The van der Waals surface area contributed by atoms with Gasteiger partial charge < -0.3 is 25.1 Å². The van der Waals surface area contributed by atoms with Crippen molar-refractivity contribution in [2.24, 2.45) is 5.92 Å². The maximum atomic E-state index is 12.9. The number of carbonyl (C=O) groups excluding carboxylic acids is 1. The first kappa shape index (κ1) is 25.6. The summed E-state index contributed by atoms with van der Waals surface area (Å²) in [5.74, 6) is -0.134. The van der Waals surface area contributed by atoms with E-state index >= 15 is 0 Å². The smallest absolute Gasteiger partial charge is 0.323 e. The Kier molecular flexibility index (Phi) is 7.81. The van der Waals surface area contributed by atoms with Crippen LogP contribution in [0.25, 0.3) is 0 Å². The van der Waals surface area contributed by atoms with Crippen molar-refractivity contribution >= 4 is 11.7 Å². The van der Waals surface area contributed by atoms with Crippen LogP contribution in [0.2, 0.25) is 0 Å². The Labute approximate surface area is 208 Å². The summed E-state index contributed by atoms with van der Waals surface area (Å²) in [6.07, 6.45) is 0.782. The number of nitrogens with two attached hydrogens (primary N) is 1. The van der Waals surface area contributed by atoms with E-state index in [9.17, 15) is 9.90 Å². The molecule has 5 atom stereocenters. The monoisotopic (exact) mass is 482 g/mol. The second-order valence-electron chi connectivity index (χ2n) is 10.7. The summed E-state index contributed by atoms with van der Waals surface area (Å²) in [5.41, 5.74) is 8.93. The molecule has 190 valence electrons. The minimum absolute atomic E-state index is 0.0000243. The molecule has 2 fully saturated rings. The Bertz CT molecular complexity index is 1000. The fourth-order valence-electron chi connectivity index (χ4n) is 4.95. The highest BCUT2D eigenvalue weighted by Gasteiger charge is 2.42. The van der Waals surface area contributed by atoms with Crippen LogP contribution in [0.4, 0.5) is 5.69 Å². The van der Waals surface area contributed by atoms with Crippen LogP contribution in [0.5, 0.6) is 0 Å². The number of anilines is 1. The molecule has 2 aliphatic rings. The summed E-state index contributed by atoms with van der Waals surface area (Å²) in [4.78, 5) is 15.1. The number of benzene rings is 2. The van der Waals surface area contributed by atoms with Crippen molar-refractivity contribution in [1.82, 2.24) is 4.90 Å².